The molecule has 3 nitrogen and oxygen atoms in total. The maximum Gasteiger partial charge on any atom is 0.281 e. The summed E-state index contributed by atoms with van der Waals surface area (Å²) in [6.07, 6.45) is 1.56. The lowest BCUT2D eigenvalue weighted by molar-refractivity contribution is 0.0959. The normalized spacial score (nSPS) is 11.8. The van der Waals surface area contributed by atoms with Crippen molar-refractivity contribution in [3.63, 3.8) is 0 Å². The van der Waals surface area contributed by atoms with E-state index in [0.29, 0.717) is 4.88 Å². The van der Waals surface area contributed by atoms with Crippen molar-refractivity contribution in [3.05, 3.63) is 57.5 Å². The topological polar surface area (TPSA) is 41.5 Å². The molecule has 1 heterocycles. The minimum atomic E-state index is -0.411. The van der Waals surface area contributed by atoms with Crippen molar-refractivity contribution >= 4 is 23.5 Å². The highest BCUT2D eigenvalue weighted by Crippen LogP contribution is 2.21. The van der Waals surface area contributed by atoms with Gasteiger partial charge in [0, 0.05) is 0 Å². The molecule has 0 radical (unpaired) electrons. The SMILES string of the molecule is CC(C)(C)c1ccc(/C=N/NC(=O)c2ccc(F)s2)cc1. The molecule has 1 aromatic heterocycles. The minimum absolute atomic E-state index is 0.104. The molecule has 0 spiro atoms. The molecule has 1 amide bonds. The number of carbonyl (C=O) groups excluding carboxylic acids is 1. The zero-order valence-corrected chi connectivity index (χ0v) is 13.0. The van der Waals surface area contributed by atoms with Crippen LogP contribution in [0, 0.1) is 5.13 Å². The van der Waals surface area contributed by atoms with Gasteiger partial charge in [-0.3, -0.25) is 4.79 Å². The van der Waals surface area contributed by atoms with E-state index in [1.165, 1.54) is 17.7 Å². The van der Waals surface area contributed by atoms with E-state index >= 15 is 0 Å². The first kappa shape index (κ1) is 15.4. The predicted octanol–water partition coefficient (Wildman–Crippen LogP) is 3.95. The molecule has 110 valence electrons. The van der Waals surface area contributed by atoms with Crippen LogP contribution in [0.3, 0.4) is 0 Å². The lowest BCUT2D eigenvalue weighted by Crippen LogP contribution is -2.16. The fourth-order valence-corrected chi connectivity index (χ4v) is 2.35. The van der Waals surface area contributed by atoms with Crippen LogP contribution in [0.15, 0.2) is 41.5 Å². The van der Waals surface area contributed by atoms with Crippen LogP contribution in [0.25, 0.3) is 0 Å². The van der Waals surface area contributed by atoms with Crippen molar-refractivity contribution in [3.8, 4) is 0 Å². The van der Waals surface area contributed by atoms with Gasteiger partial charge in [0.2, 0.25) is 0 Å². The van der Waals surface area contributed by atoms with Gasteiger partial charge in [-0.1, -0.05) is 45.0 Å². The quantitative estimate of drug-likeness (QED) is 0.677. The molecule has 0 bridgehead atoms. The number of hydrogen-bond donors (Lipinski definition) is 1. The monoisotopic (exact) mass is 304 g/mol. The second kappa shape index (κ2) is 6.18. The fraction of sp³-hybridized carbons (Fsp3) is 0.250. The van der Waals surface area contributed by atoms with E-state index in [2.05, 4.69) is 31.3 Å². The standard InChI is InChI=1S/C16H17FN2OS/c1-16(2,3)12-6-4-11(5-7-12)10-18-19-15(20)13-8-9-14(17)21-13/h4-10H,1-3H3,(H,19,20)/b18-10+. The van der Waals surface area contributed by atoms with Crippen LogP contribution in [0.1, 0.15) is 41.6 Å². The lowest BCUT2D eigenvalue weighted by Gasteiger charge is -2.18. The third-order valence-electron chi connectivity index (χ3n) is 2.95. The van der Waals surface area contributed by atoms with Crippen LogP contribution in [-0.2, 0) is 5.41 Å². The first-order valence-electron chi connectivity index (χ1n) is 6.55. The lowest BCUT2D eigenvalue weighted by atomic mass is 9.87. The first-order valence-corrected chi connectivity index (χ1v) is 7.37. The number of nitrogens with one attached hydrogen (secondary N) is 1. The van der Waals surface area contributed by atoms with Crippen molar-refractivity contribution in [1.29, 1.82) is 0 Å². The van der Waals surface area contributed by atoms with Gasteiger partial charge in [-0.25, -0.2) is 5.43 Å². The Hall–Kier alpha value is -2.01. The number of amides is 1. The summed E-state index contributed by atoms with van der Waals surface area (Å²) in [5.41, 5.74) is 4.61. The Balaban J connectivity index is 1.97. The predicted molar refractivity (Wildman–Crippen MR) is 84.5 cm³/mol. The molecule has 2 rings (SSSR count). The molecule has 21 heavy (non-hydrogen) atoms. The Morgan fingerprint density at radius 3 is 2.38 bits per heavy atom. The molecule has 0 saturated carbocycles. The smallest absolute Gasteiger partial charge is 0.266 e. The maximum absolute atomic E-state index is 12.8. The van der Waals surface area contributed by atoms with Crippen molar-refractivity contribution in [2.24, 2.45) is 5.10 Å². The summed E-state index contributed by atoms with van der Waals surface area (Å²) in [4.78, 5) is 12.0. The number of benzene rings is 1. The van der Waals surface area contributed by atoms with Gasteiger partial charge in [0.05, 0.1) is 11.1 Å². The summed E-state index contributed by atoms with van der Waals surface area (Å²) in [6.45, 7) is 6.45. The van der Waals surface area contributed by atoms with Gasteiger partial charge in [-0.2, -0.15) is 9.49 Å². The molecule has 0 fully saturated rings. The van der Waals surface area contributed by atoms with E-state index in [4.69, 9.17) is 0 Å². The average molecular weight is 304 g/mol. The van der Waals surface area contributed by atoms with Gasteiger partial charge in [-0.15, -0.1) is 11.3 Å². The molecular weight excluding hydrogens is 287 g/mol. The number of nitrogens with zero attached hydrogens (tertiary/aromatic N) is 1. The maximum atomic E-state index is 12.8. The number of thiophene rings is 1. The third-order valence-corrected chi connectivity index (χ3v) is 3.83. The first-order chi connectivity index (χ1) is 9.86. The second-order valence-corrected chi connectivity index (χ2v) is 6.71. The number of carbonyl (C=O) groups is 1. The number of rotatable bonds is 3. The Bertz CT molecular complexity index is 654. The molecule has 2 aromatic rings. The van der Waals surface area contributed by atoms with Crippen molar-refractivity contribution in [1.82, 2.24) is 5.43 Å². The molecule has 1 N–H and O–H groups in total. The summed E-state index contributed by atoms with van der Waals surface area (Å²) in [6, 6.07) is 10.7. The van der Waals surface area contributed by atoms with Gasteiger partial charge in [0.15, 0.2) is 5.13 Å². The molecule has 0 saturated heterocycles. The minimum Gasteiger partial charge on any atom is -0.266 e. The van der Waals surface area contributed by atoms with E-state index in [9.17, 15) is 9.18 Å². The molecule has 0 aliphatic heterocycles. The highest BCUT2D eigenvalue weighted by molar-refractivity contribution is 7.12. The van der Waals surface area contributed by atoms with Gasteiger partial charge in [0.25, 0.3) is 5.91 Å². The van der Waals surface area contributed by atoms with Crippen LogP contribution in [-0.4, -0.2) is 12.1 Å². The highest BCUT2D eigenvalue weighted by Gasteiger charge is 2.12. The second-order valence-electron chi connectivity index (χ2n) is 5.67. The van der Waals surface area contributed by atoms with Crippen LogP contribution in [0.2, 0.25) is 0 Å². The van der Waals surface area contributed by atoms with Crippen molar-refractivity contribution < 1.29 is 9.18 Å². The molecule has 0 aliphatic carbocycles. The summed E-state index contributed by atoms with van der Waals surface area (Å²) in [7, 11) is 0. The summed E-state index contributed by atoms with van der Waals surface area (Å²) < 4.78 is 12.8. The van der Waals surface area contributed by atoms with E-state index in [0.717, 1.165) is 16.9 Å². The summed E-state index contributed by atoms with van der Waals surface area (Å²) in [5.74, 6) is -0.411. The van der Waals surface area contributed by atoms with Crippen LogP contribution in [0.4, 0.5) is 4.39 Å². The molecule has 0 unspecified atom stereocenters. The van der Waals surface area contributed by atoms with E-state index in [1.807, 2.05) is 24.3 Å². The van der Waals surface area contributed by atoms with Gasteiger partial charge in [0.1, 0.15) is 0 Å². The largest absolute Gasteiger partial charge is 0.281 e. The van der Waals surface area contributed by atoms with Gasteiger partial charge < -0.3 is 0 Å². The van der Waals surface area contributed by atoms with Gasteiger partial charge >= 0.3 is 0 Å². The summed E-state index contributed by atoms with van der Waals surface area (Å²) in [5, 5.41) is 3.49. The molecule has 0 atom stereocenters. The van der Waals surface area contributed by atoms with Gasteiger partial charge in [-0.05, 0) is 28.7 Å². The summed E-state index contributed by atoms with van der Waals surface area (Å²) >= 11 is 0.794. The van der Waals surface area contributed by atoms with Crippen molar-refractivity contribution in [2.45, 2.75) is 26.2 Å². The van der Waals surface area contributed by atoms with Crippen LogP contribution < -0.4 is 5.43 Å². The van der Waals surface area contributed by atoms with Crippen molar-refractivity contribution in [2.75, 3.05) is 0 Å². The average Bonchev–Trinajstić information content (AvgIpc) is 2.85. The molecule has 5 heteroatoms. The van der Waals surface area contributed by atoms with E-state index < -0.39 is 5.91 Å². The zero-order valence-electron chi connectivity index (χ0n) is 12.2. The zero-order chi connectivity index (χ0) is 15.5. The Kier molecular flexibility index (Phi) is 4.53. The number of hydrogen-bond acceptors (Lipinski definition) is 3. The Morgan fingerprint density at radius 2 is 1.86 bits per heavy atom. The Morgan fingerprint density at radius 1 is 1.19 bits per heavy atom. The molecule has 1 aromatic carbocycles. The molecule has 0 aliphatic rings. The fourth-order valence-electron chi connectivity index (χ4n) is 1.73. The third kappa shape index (κ3) is 4.23. The number of halogens is 1. The van der Waals surface area contributed by atoms with Crippen LogP contribution in [0.5, 0.6) is 0 Å². The number of hydrazone groups is 1. The van der Waals surface area contributed by atoms with Crippen LogP contribution >= 0.6 is 11.3 Å². The van der Waals surface area contributed by atoms with E-state index in [-0.39, 0.29) is 10.5 Å². The Labute approximate surface area is 127 Å². The highest BCUT2D eigenvalue weighted by atomic mass is 32.1. The van der Waals surface area contributed by atoms with E-state index in [1.54, 1.807) is 6.21 Å². The molecular formula is C16H17FN2OS.